The standard InChI is InChI=1S/C27H32N6O2/c28-24(34)20-14-22-25(29-15-20)31-27(33-12-13-35-23(16-33)19-6-7-19)32-26(22)30-21-10-8-18(9-11-21)17-4-2-1-3-5-17/h8-11,14-15,17,19,23H,1-7,12-13,16H2,(H2,28,34)(H,29,30,31,32). The van der Waals surface area contributed by atoms with E-state index >= 15 is 0 Å². The van der Waals surface area contributed by atoms with Crippen LogP contribution in [0, 0.1) is 5.92 Å². The smallest absolute Gasteiger partial charge is 0.250 e. The number of primary amides is 1. The molecule has 3 N–H and O–H groups in total. The van der Waals surface area contributed by atoms with E-state index in [-0.39, 0.29) is 6.10 Å². The summed E-state index contributed by atoms with van der Waals surface area (Å²) in [4.78, 5) is 28.1. The molecule has 2 aromatic heterocycles. The highest BCUT2D eigenvalue weighted by molar-refractivity contribution is 5.98. The summed E-state index contributed by atoms with van der Waals surface area (Å²) in [7, 11) is 0. The average Bonchev–Trinajstić information content (AvgIpc) is 3.75. The van der Waals surface area contributed by atoms with E-state index in [1.165, 1.54) is 56.7 Å². The van der Waals surface area contributed by atoms with Gasteiger partial charge in [-0.05, 0) is 61.3 Å². The topological polar surface area (TPSA) is 106 Å². The number of nitrogens with two attached hydrogens (primary N) is 1. The van der Waals surface area contributed by atoms with Gasteiger partial charge >= 0.3 is 0 Å². The van der Waals surface area contributed by atoms with Gasteiger partial charge in [-0.25, -0.2) is 4.98 Å². The lowest BCUT2D eigenvalue weighted by molar-refractivity contribution is 0.0259. The lowest BCUT2D eigenvalue weighted by Crippen LogP contribution is -2.44. The van der Waals surface area contributed by atoms with Crippen LogP contribution in [0.5, 0.6) is 0 Å². The molecule has 6 rings (SSSR count). The van der Waals surface area contributed by atoms with Gasteiger partial charge in [0.05, 0.1) is 23.7 Å². The van der Waals surface area contributed by atoms with E-state index in [2.05, 4.69) is 39.5 Å². The number of hydrogen-bond donors (Lipinski definition) is 2. The monoisotopic (exact) mass is 472 g/mol. The maximum atomic E-state index is 11.8. The number of rotatable bonds is 6. The number of nitrogens with one attached hydrogen (secondary N) is 1. The molecule has 2 aliphatic carbocycles. The molecule has 182 valence electrons. The molecule has 35 heavy (non-hydrogen) atoms. The van der Waals surface area contributed by atoms with E-state index in [1.807, 2.05) is 0 Å². The molecule has 1 saturated heterocycles. The molecule has 0 radical (unpaired) electrons. The van der Waals surface area contributed by atoms with Crippen LogP contribution in [-0.4, -0.2) is 46.7 Å². The van der Waals surface area contributed by atoms with E-state index in [4.69, 9.17) is 20.4 Å². The predicted molar refractivity (Wildman–Crippen MR) is 136 cm³/mol. The highest BCUT2D eigenvalue weighted by Crippen LogP contribution is 2.37. The number of carbonyl (C=O) groups is 1. The fourth-order valence-corrected chi connectivity index (χ4v) is 5.39. The van der Waals surface area contributed by atoms with Gasteiger partial charge in [0.2, 0.25) is 11.9 Å². The van der Waals surface area contributed by atoms with Gasteiger partial charge in [0, 0.05) is 25.0 Å². The Labute approximate surface area is 205 Å². The van der Waals surface area contributed by atoms with Crippen molar-refractivity contribution in [1.82, 2.24) is 15.0 Å². The van der Waals surface area contributed by atoms with Gasteiger partial charge in [0.25, 0.3) is 0 Å². The molecule has 0 bridgehead atoms. The summed E-state index contributed by atoms with van der Waals surface area (Å²) >= 11 is 0. The van der Waals surface area contributed by atoms with E-state index in [0.29, 0.717) is 46.8 Å². The average molecular weight is 473 g/mol. The van der Waals surface area contributed by atoms with Crippen LogP contribution in [0.2, 0.25) is 0 Å². The summed E-state index contributed by atoms with van der Waals surface area (Å²) in [5.41, 5.74) is 8.75. The van der Waals surface area contributed by atoms with Crippen LogP contribution in [0.15, 0.2) is 36.5 Å². The number of anilines is 3. The molecule has 1 atom stereocenters. The van der Waals surface area contributed by atoms with Crippen molar-refractivity contribution in [3.63, 3.8) is 0 Å². The number of hydrogen-bond acceptors (Lipinski definition) is 7. The van der Waals surface area contributed by atoms with Gasteiger partial charge in [0.15, 0.2) is 5.65 Å². The number of amides is 1. The van der Waals surface area contributed by atoms with Gasteiger partial charge < -0.3 is 20.7 Å². The largest absolute Gasteiger partial charge is 0.374 e. The van der Waals surface area contributed by atoms with Crippen LogP contribution >= 0.6 is 0 Å². The van der Waals surface area contributed by atoms with Crippen LogP contribution < -0.4 is 16.0 Å². The molecular weight excluding hydrogens is 440 g/mol. The van der Waals surface area contributed by atoms with E-state index in [1.54, 1.807) is 6.07 Å². The first-order valence-electron chi connectivity index (χ1n) is 12.9. The Hall–Kier alpha value is -3.26. The Balaban J connectivity index is 1.32. The molecule has 2 saturated carbocycles. The van der Waals surface area contributed by atoms with Crippen molar-refractivity contribution in [2.24, 2.45) is 11.7 Å². The predicted octanol–water partition coefficient (Wildman–Crippen LogP) is 4.53. The normalized spacial score (nSPS) is 21.3. The van der Waals surface area contributed by atoms with Crippen molar-refractivity contribution in [3.05, 3.63) is 47.7 Å². The molecule has 1 unspecified atom stereocenters. The zero-order valence-corrected chi connectivity index (χ0v) is 19.9. The molecule has 1 amide bonds. The van der Waals surface area contributed by atoms with Crippen LogP contribution in [0.4, 0.5) is 17.5 Å². The number of benzene rings is 1. The Morgan fingerprint density at radius 2 is 1.86 bits per heavy atom. The van der Waals surface area contributed by atoms with Crippen LogP contribution in [-0.2, 0) is 4.74 Å². The molecule has 1 aliphatic heterocycles. The second-order valence-electron chi connectivity index (χ2n) is 10.1. The van der Waals surface area contributed by atoms with Crippen LogP contribution in [0.1, 0.15) is 66.8 Å². The molecule has 0 spiro atoms. The summed E-state index contributed by atoms with van der Waals surface area (Å²) < 4.78 is 5.99. The summed E-state index contributed by atoms with van der Waals surface area (Å²) in [6.45, 7) is 2.19. The number of ether oxygens (including phenoxy) is 1. The fraction of sp³-hybridized carbons (Fsp3) is 0.481. The van der Waals surface area contributed by atoms with Gasteiger partial charge in [0.1, 0.15) is 5.82 Å². The van der Waals surface area contributed by atoms with E-state index in [9.17, 15) is 4.79 Å². The van der Waals surface area contributed by atoms with Crippen molar-refractivity contribution in [2.75, 3.05) is 29.9 Å². The molecule has 3 fully saturated rings. The number of morpholine rings is 1. The Kier molecular flexibility index (Phi) is 5.98. The van der Waals surface area contributed by atoms with Gasteiger partial charge in [-0.2, -0.15) is 9.97 Å². The number of carbonyl (C=O) groups excluding carboxylic acids is 1. The maximum absolute atomic E-state index is 11.8. The fourth-order valence-electron chi connectivity index (χ4n) is 5.39. The minimum absolute atomic E-state index is 0.233. The van der Waals surface area contributed by atoms with E-state index < -0.39 is 5.91 Å². The Morgan fingerprint density at radius 3 is 2.60 bits per heavy atom. The maximum Gasteiger partial charge on any atom is 0.250 e. The summed E-state index contributed by atoms with van der Waals surface area (Å²) in [5, 5.41) is 4.14. The molecule has 8 nitrogen and oxygen atoms in total. The SMILES string of the molecule is NC(=O)c1cnc2nc(N3CCOC(C4CC4)C3)nc(Nc3ccc(C4CCCCC4)cc3)c2c1. The minimum atomic E-state index is -0.522. The lowest BCUT2D eigenvalue weighted by Gasteiger charge is -2.33. The zero-order chi connectivity index (χ0) is 23.8. The minimum Gasteiger partial charge on any atom is -0.374 e. The van der Waals surface area contributed by atoms with Gasteiger partial charge in [-0.3, -0.25) is 4.79 Å². The zero-order valence-electron chi connectivity index (χ0n) is 19.9. The quantitative estimate of drug-likeness (QED) is 0.543. The van der Waals surface area contributed by atoms with Gasteiger partial charge in [-0.15, -0.1) is 0 Å². The third-order valence-corrected chi connectivity index (χ3v) is 7.60. The van der Waals surface area contributed by atoms with Crippen molar-refractivity contribution in [3.8, 4) is 0 Å². The molecule has 3 heterocycles. The molecular formula is C27H32N6O2. The van der Waals surface area contributed by atoms with Crippen molar-refractivity contribution >= 4 is 34.4 Å². The van der Waals surface area contributed by atoms with Gasteiger partial charge in [-0.1, -0.05) is 31.4 Å². The molecule has 1 aromatic carbocycles. The van der Waals surface area contributed by atoms with Crippen molar-refractivity contribution in [2.45, 2.75) is 57.0 Å². The summed E-state index contributed by atoms with van der Waals surface area (Å²) in [6.07, 6.45) is 10.7. The summed E-state index contributed by atoms with van der Waals surface area (Å²) in [6, 6.07) is 10.4. The first-order valence-corrected chi connectivity index (χ1v) is 12.9. The molecule has 3 aliphatic rings. The first kappa shape index (κ1) is 22.2. The number of nitrogens with zero attached hydrogens (tertiary/aromatic N) is 4. The van der Waals surface area contributed by atoms with E-state index in [0.717, 1.165) is 18.8 Å². The molecule has 3 aromatic rings. The Morgan fingerprint density at radius 1 is 1.06 bits per heavy atom. The Bertz CT molecular complexity index is 1220. The second-order valence-corrected chi connectivity index (χ2v) is 10.1. The number of fused-ring (bicyclic) bond motifs is 1. The van der Waals surface area contributed by atoms with Crippen LogP contribution in [0.25, 0.3) is 11.0 Å². The first-order chi connectivity index (χ1) is 17.1. The highest BCUT2D eigenvalue weighted by atomic mass is 16.5. The number of pyridine rings is 1. The summed E-state index contributed by atoms with van der Waals surface area (Å²) in [5.74, 6) is 2.04. The highest BCUT2D eigenvalue weighted by Gasteiger charge is 2.36. The third kappa shape index (κ3) is 4.80. The van der Waals surface area contributed by atoms with Crippen LogP contribution in [0.3, 0.4) is 0 Å². The third-order valence-electron chi connectivity index (χ3n) is 7.60. The van der Waals surface area contributed by atoms with Crippen molar-refractivity contribution < 1.29 is 9.53 Å². The lowest BCUT2D eigenvalue weighted by atomic mass is 9.84. The second kappa shape index (κ2) is 9.41. The number of aromatic nitrogens is 3. The van der Waals surface area contributed by atoms with Crippen molar-refractivity contribution in [1.29, 1.82) is 0 Å². The molecule has 8 heteroatoms.